The summed E-state index contributed by atoms with van der Waals surface area (Å²) >= 11 is 6.69. The molecule has 4 aromatic rings. The molecular formula is C27H25ClN4. The second-order valence-corrected chi connectivity index (χ2v) is 8.85. The van der Waals surface area contributed by atoms with Gasteiger partial charge in [0.05, 0.1) is 16.6 Å². The van der Waals surface area contributed by atoms with Gasteiger partial charge in [-0.15, -0.1) is 0 Å². The van der Waals surface area contributed by atoms with E-state index in [9.17, 15) is 0 Å². The van der Waals surface area contributed by atoms with Crippen LogP contribution in [0.15, 0.2) is 73.2 Å². The van der Waals surface area contributed by atoms with Gasteiger partial charge in [-0.25, -0.2) is 0 Å². The molecule has 0 atom stereocenters. The number of nitrogens with zero attached hydrogens (tertiary/aromatic N) is 4. The molecule has 32 heavy (non-hydrogen) atoms. The number of pyridine rings is 1. The topological polar surface area (TPSA) is 44.9 Å². The standard InChI is InChI=1S/C27H25ClN4/c28-25-7-4-8-26-27(25)24(19-32(26)14-13-31-11-9-20(16-29)10-12-31)23-15-22(17-30-18-23)21-5-2-1-3-6-21/h1-8,15,17-20H,9-14H2. The predicted molar refractivity (Wildman–Crippen MR) is 130 cm³/mol. The Bertz CT molecular complexity index is 1260. The minimum Gasteiger partial charge on any atom is -0.346 e. The highest BCUT2D eigenvalue weighted by Crippen LogP contribution is 2.36. The van der Waals surface area contributed by atoms with Crippen LogP contribution in [0.25, 0.3) is 33.2 Å². The second kappa shape index (κ2) is 9.16. The Morgan fingerprint density at radius 2 is 1.72 bits per heavy atom. The normalized spacial score (nSPS) is 15.1. The Morgan fingerprint density at radius 3 is 2.50 bits per heavy atom. The first kappa shape index (κ1) is 20.8. The van der Waals surface area contributed by atoms with E-state index in [0.717, 1.165) is 77.2 Å². The smallest absolute Gasteiger partial charge is 0.0656 e. The van der Waals surface area contributed by atoms with Gasteiger partial charge in [0.15, 0.2) is 0 Å². The number of piperidine rings is 1. The molecule has 1 aliphatic rings. The van der Waals surface area contributed by atoms with Crippen molar-refractivity contribution in [3.63, 3.8) is 0 Å². The van der Waals surface area contributed by atoms with Gasteiger partial charge in [-0.3, -0.25) is 4.98 Å². The van der Waals surface area contributed by atoms with Gasteiger partial charge in [-0.1, -0.05) is 48.0 Å². The first-order chi connectivity index (χ1) is 15.7. The molecule has 0 aliphatic carbocycles. The molecule has 0 radical (unpaired) electrons. The van der Waals surface area contributed by atoms with Crippen molar-refractivity contribution in [1.29, 1.82) is 5.26 Å². The molecule has 160 valence electrons. The summed E-state index contributed by atoms with van der Waals surface area (Å²) < 4.78 is 2.31. The van der Waals surface area contributed by atoms with Gasteiger partial charge in [0, 0.05) is 59.7 Å². The summed E-state index contributed by atoms with van der Waals surface area (Å²) in [6.07, 6.45) is 7.98. The molecule has 0 amide bonds. The molecule has 5 rings (SSSR count). The molecule has 0 bridgehead atoms. The summed E-state index contributed by atoms with van der Waals surface area (Å²) in [5, 5.41) is 11.0. The predicted octanol–water partition coefficient (Wildman–Crippen LogP) is 6.26. The molecule has 4 nitrogen and oxygen atoms in total. The minimum atomic E-state index is 0.216. The Hall–Kier alpha value is -3.13. The van der Waals surface area contributed by atoms with Crippen molar-refractivity contribution in [2.45, 2.75) is 19.4 Å². The highest BCUT2D eigenvalue weighted by molar-refractivity contribution is 6.36. The number of nitriles is 1. The monoisotopic (exact) mass is 440 g/mol. The van der Waals surface area contributed by atoms with Crippen molar-refractivity contribution in [1.82, 2.24) is 14.5 Å². The molecule has 0 saturated carbocycles. The zero-order chi connectivity index (χ0) is 21.9. The van der Waals surface area contributed by atoms with E-state index in [0.29, 0.717) is 0 Å². The number of hydrogen-bond donors (Lipinski definition) is 0. The van der Waals surface area contributed by atoms with Gasteiger partial charge < -0.3 is 9.47 Å². The number of rotatable bonds is 5. The number of likely N-dealkylation sites (tertiary alicyclic amines) is 1. The van der Waals surface area contributed by atoms with Crippen LogP contribution in [0.5, 0.6) is 0 Å². The summed E-state index contributed by atoms with van der Waals surface area (Å²) in [4.78, 5) is 6.99. The second-order valence-electron chi connectivity index (χ2n) is 8.44. The first-order valence-electron chi connectivity index (χ1n) is 11.1. The van der Waals surface area contributed by atoms with Crippen LogP contribution < -0.4 is 0 Å². The molecule has 2 aromatic heterocycles. The maximum absolute atomic E-state index is 9.14. The van der Waals surface area contributed by atoms with Gasteiger partial charge in [-0.2, -0.15) is 5.26 Å². The molecule has 1 fully saturated rings. The van der Waals surface area contributed by atoms with Crippen LogP contribution in [-0.2, 0) is 6.54 Å². The molecule has 1 aliphatic heterocycles. The van der Waals surface area contributed by atoms with Crippen LogP contribution in [0.2, 0.25) is 5.02 Å². The molecule has 2 aromatic carbocycles. The van der Waals surface area contributed by atoms with E-state index in [2.05, 4.69) is 51.0 Å². The average Bonchev–Trinajstić information content (AvgIpc) is 3.24. The van der Waals surface area contributed by atoms with E-state index in [1.54, 1.807) is 0 Å². The summed E-state index contributed by atoms with van der Waals surface area (Å²) in [5.74, 6) is 0.216. The Kier molecular flexibility index (Phi) is 5.94. The molecular weight excluding hydrogens is 416 g/mol. The van der Waals surface area contributed by atoms with Crippen molar-refractivity contribution in [2.24, 2.45) is 5.92 Å². The zero-order valence-electron chi connectivity index (χ0n) is 17.9. The highest BCUT2D eigenvalue weighted by Gasteiger charge is 2.19. The number of hydrogen-bond acceptors (Lipinski definition) is 3. The summed E-state index contributed by atoms with van der Waals surface area (Å²) in [5.41, 5.74) is 5.57. The van der Waals surface area contributed by atoms with Crippen molar-refractivity contribution >= 4 is 22.5 Å². The summed E-state index contributed by atoms with van der Waals surface area (Å²) in [6, 6.07) is 21.0. The largest absolute Gasteiger partial charge is 0.346 e. The van der Waals surface area contributed by atoms with E-state index < -0.39 is 0 Å². The van der Waals surface area contributed by atoms with Crippen LogP contribution in [0.4, 0.5) is 0 Å². The number of benzene rings is 2. The SMILES string of the molecule is N#CC1CCN(CCn2cc(-c3cncc(-c4ccccc4)c3)c3c(Cl)cccc32)CC1. The van der Waals surface area contributed by atoms with Crippen molar-refractivity contribution < 1.29 is 0 Å². The summed E-state index contributed by atoms with van der Waals surface area (Å²) in [6.45, 7) is 3.85. The van der Waals surface area contributed by atoms with Crippen LogP contribution in [-0.4, -0.2) is 34.1 Å². The van der Waals surface area contributed by atoms with E-state index >= 15 is 0 Å². The third-order valence-electron chi connectivity index (χ3n) is 6.44. The lowest BCUT2D eigenvalue weighted by molar-refractivity contribution is 0.200. The number of aromatic nitrogens is 2. The van der Waals surface area contributed by atoms with E-state index in [4.69, 9.17) is 16.9 Å². The molecule has 0 unspecified atom stereocenters. The Morgan fingerprint density at radius 1 is 0.938 bits per heavy atom. The molecule has 3 heterocycles. The fraction of sp³-hybridized carbons (Fsp3) is 0.259. The fourth-order valence-electron chi connectivity index (χ4n) is 4.62. The average molecular weight is 441 g/mol. The minimum absolute atomic E-state index is 0.216. The number of fused-ring (bicyclic) bond motifs is 1. The molecule has 1 saturated heterocycles. The van der Waals surface area contributed by atoms with Crippen LogP contribution in [0, 0.1) is 17.2 Å². The first-order valence-corrected chi connectivity index (χ1v) is 11.5. The maximum atomic E-state index is 9.14. The molecule has 0 N–H and O–H groups in total. The van der Waals surface area contributed by atoms with Gasteiger partial charge in [0.25, 0.3) is 0 Å². The van der Waals surface area contributed by atoms with Gasteiger partial charge >= 0.3 is 0 Å². The molecule has 5 heteroatoms. The van der Waals surface area contributed by atoms with Crippen molar-refractivity contribution in [2.75, 3.05) is 19.6 Å². The van der Waals surface area contributed by atoms with Gasteiger partial charge in [0.1, 0.15) is 0 Å². The quantitative estimate of drug-likeness (QED) is 0.368. The Labute approximate surface area is 193 Å². The van der Waals surface area contributed by atoms with Crippen molar-refractivity contribution in [3.8, 4) is 28.3 Å². The van der Waals surface area contributed by atoms with Crippen LogP contribution in [0.3, 0.4) is 0 Å². The third kappa shape index (κ3) is 4.14. The van der Waals surface area contributed by atoms with Gasteiger partial charge in [0.2, 0.25) is 0 Å². The van der Waals surface area contributed by atoms with E-state index in [1.165, 1.54) is 0 Å². The van der Waals surface area contributed by atoms with E-state index in [-0.39, 0.29) is 5.92 Å². The lowest BCUT2D eigenvalue weighted by Crippen LogP contribution is -2.35. The van der Waals surface area contributed by atoms with Crippen LogP contribution >= 0.6 is 11.6 Å². The van der Waals surface area contributed by atoms with Crippen LogP contribution in [0.1, 0.15) is 12.8 Å². The number of halogens is 1. The van der Waals surface area contributed by atoms with E-state index in [1.807, 2.05) is 42.7 Å². The maximum Gasteiger partial charge on any atom is 0.0656 e. The lowest BCUT2D eigenvalue weighted by Gasteiger charge is -2.29. The Balaban J connectivity index is 1.47. The summed E-state index contributed by atoms with van der Waals surface area (Å²) in [7, 11) is 0. The fourth-order valence-corrected chi connectivity index (χ4v) is 4.89. The zero-order valence-corrected chi connectivity index (χ0v) is 18.7. The van der Waals surface area contributed by atoms with Crippen molar-refractivity contribution in [3.05, 3.63) is 78.2 Å². The van der Waals surface area contributed by atoms with Gasteiger partial charge in [-0.05, 0) is 49.7 Å². The third-order valence-corrected chi connectivity index (χ3v) is 6.75. The highest BCUT2D eigenvalue weighted by atomic mass is 35.5. The molecule has 0 spiro atoms. The lowest BCUT2D eigenvalue weighted by atomic mass is 9.99.